The monoisotopic (exact) mass is 411 g/mol. The van der Waals surface area contributed by atoms with Gasteiger partial charge in [0.2, 0.25) is 5.91 Å². The van der Waals surface area contributed by atoms with Gasteiger partial charge < -0.3 is 19.3 Å². The Balaban J connectivity index is 1.18. The van der Waals surface area contributed by atoms with Crippen LogP contribution in [0.4, 0.5) is 0 Å². The quantitative estimate of drug-likeness (QED) is 0.754. The van der Waals surface area contributed by atoms with Crippen LogP contribution in [0.15, 0.2) is 30.5 Å². The molecule has 0 spiro atoms. The van der Waals surface area contributed by atoms with Crippen molar-refractivity contribution in [3.8, 4) is 11.5 Å². The molecule has 158 valence electrons. The first-order valence-corrected chi connectivity index (χ1v) is 10.5. The minimum Gasteiger partial charge on any atom is -0.486 e. The Morgan fingerprint density at radius 3 is 2.73 bits per heavy atom. The van der Waals surface area contributed by atoms with Gasteiger partial charge in [0.1, 0.15) is 13.2 Å². The highest BCUT2D eigenvalue weighted by Gasteiger charge is 2.34. The van der Waals surface area contributed by atoms with E-state index in [-0.39, 0.29) is 30.2 Å². The van der Waals surface area contributed by atoms with Crippen LogP contribution in [0.25, 0.3) is 0 Å². The number of fused-ring (bicyclic) bond motifs is 1. The molecule has 0 radical (unpaired) electrons. The highest BCUT2D eigenvalue weighted by molar-refractivity contribution is 5.95. The molecular weight excluding hydrogens is 386 g/mol. The number of carbonyl (C=O) groups is 2. The standard InChI is InChI=1S/C21H25N5O4/c27-20-13-24(9-10-26(20)15-5-1-2-6-15)21(28)17-12-25(23-22-17)11-16-14-29-18-7-3-4-8-19(18)30-16/h3-4,7-8,12,15-16H,1-2,5-6,9-11,13-14H2/t16-/m0/s1. The molecule has 9 heteroatoms. The lowest BCUT2D eigenvalue weighted by molar-refractivity contribution is -0.137. The van der Waals surface area contributed by atoms with E-state index in [0.717, 1.165) is 18.6 Å². The third kappa shape index (κ3) is 3.71. The molecular formula is C21H25N5O4. The van der Waals surface area contributed by atoms with Crippen LogP contribution >= 0.6 is 0 Å². The maximum atomic E-state index is 12.8. The van der Waals surface area contributed by atoms with Crippen molar-refractivity contribution in [3.05, 3.63) is 36.2 Å². The minimum atomic E-state index is -0.258. The van der Waals surface area contributed by atoms with Crippen LogP contribution in [-0.2, 0) is 11.3 Å². The number of hydrogen-bond acceptors (Lipinski definition) is 6. The summed E-state index contributed by atoms with van der Waals surface area (Å²) < 4.78 is 13.2. The fraction of sp³-hybridized carbons (Fsp3) is 0.524. The molecule has 2 aliphatic heterocycles. The predicted molar refractivity (Wildman–Crippen MR) is 106 cm³/mol. The summed E-state index contributed by atoms with van der Waals surface area (Å²) in [5, 5.41) is 8.09. The van der Waals surface area contributed by atoms with Crippen molar-refractivity contribution in [1.82, 2.24) is 24.8 Å². The van der Waals surface area contributed by atoms with Crippen molar-refractivity contribution in [1.29, 1.82) is 0 Å². The van der Waals surface area contributed by atoms with Gasteiger partial charge >= 0.3 is 0 Å². The van der Waals surface area contributed by atoms with Gasteiger partial charge in [-0.1, -0.05) is 30.2 Å². The van der Waals surface area contributed by atoms with Crippen LogP contribution < -0.4 is 9.47 Å². The number of nitrogens with zero attached hydrogens (tertiary/aromatic N) is 5. The molecule has 2 fully saturated rings. The molecule has 9 nitrogen and oxygen atoms in total. The molecule has 0 N–H and O–H groups in total. The Kier molecular flexibility index (Phi) is 5.02. The van der Waals surface area contributed by atoms with E-state index in [4.69, 9.17) is 9.47 Å². The van der Waals surface area contributed by atoms with Crippen molar-refractivity contribution >= 4 is 11.8 Å². The zero-order valence-corrected chi connectivity index (χ0v) is 16.8. The maximum Gasteiger partial charge on any atom is 0.276 e. The van der Waals surface area contributed by atoms with E-state index in [1.165, 1.54) is 12.8 Å². The predicted octanol–water partition coefficient (Wildman–Crippen LogP) is 1.35. The molecule has 2 amide bonds. The Morgan fingerprint density at radius 1 is 1.13 bits per heavy atom. The van der Waals surface area contributed by atoms with Crippen LogP contribution in [0.5, 0.6) is 11.5 Å². The maximum absolute atomic E-state index is 12.8. The molecule has 3 heterocycles. The zero-order chi connectivity index (χ0) is 20.5. The second-order valence-corrected chi connectivity index (χ2v) is 8.08. The molecule has 1 saturated carbocycles. The number of rotatable bonds is 4. The summed E-state index contributed by atoms with van der Waals surface area (Å²) in [7, 11) is 0. The number of piperazine rings is 1. The molecule has 2 aromatic rings. The highest BCUT2D eigenvalue weighted by atomic mass is 16.6. The Morgan fingerprint density at radius 2 is 1.93 bits per heavy atom. The third-order valence-electron chi connectivity index (χ3n) is 6.03. The van der Waals surface area contributed by atoms with E-state index in [2.05, 4.69) is 10.3 Å². The lowest BCUT2D eigenvalue weighted by atomic mass is 10.1. The number of para-hydroxylation sites is 2. The molecule has 5 rings (SSSR count). The lowest BCUT2D eigenvalue weighted by Gasteiger charge is -2.37. The number of carbonyl (C=O) groups excluding carboxylic acids is 2. The van der Waals surface area contributed by atoms with Crippen molar-refractivity contribution in [2.45, 2.75) is 44.4 Å². The topological polar surface area (TPSA) is 89.8 Å². The van der Waals surface area contributed by atoms with Gasteiger partial charge in [-0.15, -0.1) is 5.10 Å². The van der Waals surface area contributed by atoms with E-state index >= 15 is 0 Å². The summed E-state index contributed by atoms with van der Waals surface area (Å²) in [6.45, 7) is 2.06. The molecule has 1 aliphatic carbocycles. The van der Waals surface area contributed by atoms with Crippen molar-refractivity contribution < 1.29 is 19.1 Å². The first-order chi connectivity index (χ1) is 14.7. The molecule has 0 bridgehead atoms. The second kappa shape index (κ2) is 7.97. The summed E-state index contributed by atoms with van der Waals surface area (Å²) >= 11 is 0. The van der Waals surface area contributed by atoms with Gasteiger partial charge in [-0.2, -0.15) is 0 Å². The first-order valence-electron chi connectivity index (χ1n) is 10.5. The SMILES string of the molecule is O=C(c1cn(C[C@H]2COc3ccccc3O2)nn1)N1CCN(C2CCCC2)C(=O)C1. The van der Waals surface area contributed by atoms with E-state index in [1.54, 1.807) is 15.8 Å². The molecule has 1 atom stereocenters. The van der Waals surface area contributed by atoms with E-state index in [1.807, 2.05) is 29.2 Å². The number of hydrogen-bond donors (Lipinski definition) is 0. The summed E-state index contributed by atoms with van der Waals surface area (Å²) in [6.07, 6.45) is 5.90. The Hall–Kier alpha value is -3.10. The fourth-order valence-corrected chi connectivity index (χ4v) is 4.47. The van der Waals surface area contributed by atoms with Gasteiger partial charge in [-0.25, -0.2) is 4.68 Å². The van der Waals surface area contributed by atoms with Crippen LogP contribution in [-0.4, -0.2) is 75.0 Å². The lowest BCUT2D eigenvalue weighted by Crippen LogP contribution is -2.55. The van der Waals surface area contributed by atoms with Gasteiger partial charge in [0, 0.05) is 19.1 Å². The molecule has 1 aromatic carbocycles. The number of aromatic nitrogens is 3. The smallest absolute Gasteiger partial charge is 0.276 e. The van der Waals surface area contributed by atoms with Gasteiger partial charge in [-0.3, -0.25) is 9.59 Å². The number of benzene rings is 1. The fourth-order valence-electron chi connectivity index (χ4n) is 4.47. The van der Waals surface area contributed by atoms with E-state index in [9.17, 15) is 9.59 Å². The Bertz CT molecular complexity index is 939. The van der Waals surface area contributed by atoms with E-state index in [0.29, 0.717) is 38.0 Å². The van der Waals surface area contributed by atoms with Crippen molar-refractivity contribution in [2.24, 2.45) is 0 Å². The normalized spacial score (nSPS) is 21.9. The zero-order valence-electron chi connectivity index (χ0n) is 16.8. The number of ether oxygens (including phenoxy) is 2. The van der Waals surface area contributed by atoms with Crippen LogP contribution in [0.3, 0.4) is 0 Å². The van der Waals surface area contributed by atoms with Gasteiger partial charge in [0.15, 0.2) is 23.3 Å². The summed E-state index contributed by atoms with van der Waals surface area (Å²) in [5.41, 5.74) is 0.245. The van der Waals surface area contributed by atoms with Crippen molar-refractivity contribution in [3.63, 3.8) is 0 Å². The molecule has 3 aliphatic rings. The average Bonchev–Trinajstić information content (AvgIpc) is 3.45. The Labute approximate surface area is 174 Å². The van der Waals surface area contributed by atoms with Gasteiger partial charge in [-0.05, 0) is 25.0 Å². The van der Waals surface area contributed by atoms with Gasteiger partial charge in [0.25, 0.3) is 5.91 Å². The first kappa shape index (κ1) is 18.9. The second-order valence-electron chi connectivity index (χ2n) is 8.08. The average molecular weight is 411 g/mol. The van der Waals surface area contributed by atoms with Crippen LogP contribution in [0, 0.1) is 0 Å². The molecule has 0 unspecified atom stereocenters. The van der Waals surface area contributed by atoms with Crippen LogP contribution in [0.2, 0.25) is 0 Å². The highest BCUT2D eigenvalue weighted by Crippen LogP contribution is 2.31. The summed E-state index contributed by atoms with van der Waals surface area (Å²) in [4.78, 5) is 28.9. The molecule has 1 aromatic heterocycles. The van der Waals surface area contributed by atoms with Crippen molar-refractivity contribution in [2.75, 3.05) is 26.2 Å². The molecule has 30 heavy (non-hydrogen) atoms. The van der Waals surface area contributed by atoms with Gasteiger partial charge in [0.05, 0.1) is 12.7 Å². The third-order valence-corrected chi connectivity index (χ3v) is 6.03. The summed E-state index contributed by atoms with van der Waals surface area (Å²) in [6, 6.07) is 7.87. The van der Waals surface area contributed by atoms with E-state index < -0.39 is 0 Å². The summed E-state index contributed by atoms with van der Waals surface area (Å²) in [5.74, 6) is 1.19. The largest absolute Gasteiger partial charge is 0.486 e. The molecule has 1 saturated heterocycles. The number of amides is 2. The van der Waals surface area contributed by atoms with Crippen LogP contribution in [0.1, 0.15) is 36.2 Å². The minimum absolute atomic E-state index is 0.0281.